The van der Waals surface area contributed by atoms with Crippen LogP contribution in [-0.4, -0.2) is 0 Å². The average Bonchev–Trinajstić information content (AvgIpc) is 2.39. The molecule has 1 rings (SSSR count). The number of thioether (sulfide) groups is 1. The third-order valence-electron chi connectivity index (χ3n) is 2.26. The Kier molecular flexibility index (Phi) is 5.93. The van der Waals surface area contributed by atoms with E-state index in [0.29, 0.717) is 5.56 Å². The fourth-order valence-corrected chi connectivity index (χ4v) is 2.00. The molecular weight excluding hydrogens is 228 g/mol. The lowest BCUT2D eigenvalue weighted by molar-refractivity contribution is 0.800. The van der Waals surface area contributed by atoms with Gasteiger partial charge in [-0.25, -0.2) is 0 Å². The van der Waals surface area contributed by atoms with Crippen molar-refractivity contribution in [1.29, 1.82) is 10.5 Å². The number of hydrogen-bond donors (Lipinski definition) is 0. The highest BCUT2D eigenvalue weighted by atomic mass is 32.2. The standard InChI is InChI=1S/C14H14N2S/c1-2-3-4-13(10-16)11-17-14-7-5-12(9-15)6-8-14/h5-8,11H,2-4H2,1H3/b13-11+. The lowest BCUT2D eigenvalue weighted by atomic mass is 10.1. The molecule has 86 valence electrons. The molecular formula is C14H14N2S. The van der Waals surface area contributed by atoms with E-state index >= 15 is 0 Å². The van der Waals surface area contributed by atoms with Gasteiger partial charge in [0.2, 0.25) is 0 Å². The summed E-state index contributed by atoms with van der Waals surface area (Å²) in [7, 11) is 0. The van der Waals surface area contributed by atoms with Gasteiger partial charge in [0.25, 0.3) is 0 Å². The third-order valence-corrected chi connectivity index (χ3v) is 3.21. The molecule has 0 aliphatic rings. The van der Waals surface area contributed by atoms with Crippen molar-refractivity contribution in [2.75, 3.05) is 0 Å². The Bertz CT molecular complexity index is 460. The van der Waals surface area contributed by atoms with Crippen LogP contribution in [0.5, 0.6) is 0 Å². The summed E-state index contributed by atoms with van der Waals surface area (Å²) in [4.78, 5) is 1.05. The van der Waals surface area contributed by atoms with Crippen molar-refractivity contribution in [2.24, 2.45) is 0 Å². The van der Waals surface area contributed by atoms with E-state index in [1.165, 1.54) is 11.8 Å². The number of rotatable bonds is 5. The van der Waals surface area contributed by atoms with Gasteiger partial charge < -0.3 is 0 Å². The maximum atomic E-state index is 8.94. The SMILES string of the molecule is CCCC/C(C#N)=C\Sc1ccc(C#N)cc1. The molecule has 17 heavy (non-hydrogen) atoms. The van der Waals surface area contributed by atoms with Crippen molar-refractivity contribution in [3.05, 3.63) is 40.8 Å². The summed E-state index contributed by atoms with van der Waals surface area (Å²) in [6.45, 7) is 2.11. The van der Waals surface area contributed by atoms with Gasteiger partial charge in [0.15, 0.2) is 0 Å². The molecule has 0 bridgehead atoms. The predicted octanol–water partition coefficient (Wildman–Crippen LogP) is 4.25. The van der Waals surface area contributed by atoms with Gasteiger partial charge in [0.1, 0.15) is 0 Å². The Hall–Kier alpha value is -1.71. The first-order chi connectivity index (χ1) is 8.30. The van der Waals surface area contributed by atoms with Crippen LogP contribution < -0.4 is 0 Å². The summed E-state index contributed by atoms with van der Waals surface area (Å²) in [5.41, 5.74) is 1.48. The molecule has 0 N–H and O–H groups in total. The Morgan fingerprint density at radius 3 is 2.53 bits per heavy atom. The van der Waals surface area contributed by atoms with E-state index in [4.69, 9.17) is 10.5 Å². The lowest BCUT2D eigenvalue weighted by Gasteiger charge is -1.98. The van der Waals surface area contributed by atoms with Gasteiger partial charge in [-0.3, -0.25) is 0 Å². The minimum atomic E-state index is 0.657. The van der Waals surface area contributed by atoms with Crippen molar-refractivity contribution in [3.63, 3.8) is 0 Å². The summed E-state index contributed by atoms with van der Waals surface area (Å²) < 4.78 is 0. The van der Waals surface area contributed by atoms with Crippen LogP contribution in [0.25, 0.3) is 0 Å². The minimum absolute atomic E-state index is 0.657. The van der Waals surface area contributed by atoms with Crippen LogP contribution in [0.1, 0.15) is 31.7 Å². The summed E-state index contributed by atoms with van der Waals surface area (Å²) in [6.07, 6.45) is 2.99. The smallest absolute Gasteiger partial charge is 0.0991 e. The first-order valence-electron chi connectivity index (χ1n) is 5.56. The monoisotopic (exact) mass is 242 g/mol. The van der Waals surface area contributed by atoms with Crippen molar-refractivity contribution in [2.45, 2.75) is 31.1 Å². The molecule has 1 aromatic carbocycles. The molecule has 3 heteroatoms. The Morgan fingerprint density at radius 2 is 2.00 bits per heavy atom. The number of hydrogen-bond acceptors (Lipinski definition) is 3. The highest BCUT2D eigenvalue weighted by molar-refractivity contribution is 8.02. The molecule has 0 unspecified atom stereocenters. The van der Waals surface area contributed by atoms with E-state index in [1.54, 1.807) is 12.1 Å². The maximum absolute atomic E-state index is 8.94. The molecule has 1 aromatic rings. The molecule has 0 amide bonds. The zero-order valence-electron chi connectivity index (χ0n) is 9.81. The van der Waals surface area contributed by atoms with Crippen molar-refractivity contribution in [1.82, 2.24) is 0 Å². The molecule has 0 aliphatic carbocycles. The highest BCUT2D eigenvalue weighted by Gasteiger charge is 1.97. The van der Waals surface area contributed by atoms with Crippen LogP contribution in [-0.2, 0) is 0 Å². The molecule has 0 fully saturated rings. The van der Waals surface area contributed by atoms with Gasteiger partial charge in [-0.15, -0.1) is 0 Å². The quantitative estimate of drug-likeness (QED) is 0.573. The second-order valence-electron chi connectivity index (χ2n) is 3.61. The number of nitrogens with zero attached hydrogens (tertiary/aromatic N) is 2. The number of allylic oxidation sites excluding steroid dienone is 1. The zero-order valence-corrected chi connectivity index (χ0v) is 10.6. The highest BCUT2D eigenvalue weighted by Crippen LogP contribution is 2.22. The number of benzene rings is 1. The second-order valence-corrected chi connectivity index (χ2v) is 4.56. The van der Waals surface area contributed by atoms with E-state index in [9.17, 15) is 0 Å². The van der Waals surface area contributed by atoms with E-state index in [-0.39, 0.29) is 0 Å². The van der Waals surface area contributed by atoms with E-state index < -0.39 is 0 Å². The molecule has 0 atom stereocenters. The second kappa shape index (κ2) is 7.54. The van der Waals surface area contributed by atoms with Gasteiger partial charge in [0, 0.05) is 10.5 Å². The molecule has 0 saturated carbocycles. The summed E-state index contributed by atoms with van der Waals surface area (Å²) in [5, 5.41) is 19.5. The molecule has 0 saturated heterocycles. The van der Waals surface area contributed by atoms with E-state index in [2.05, 4.69) is 19.1 Å². The molecule has 0 radical (unpaired) electrons. The summed E-state index contributed by atoms with van der Waals surface area (Å²) >= 11 is 1.53. The Morgan fingerprint density at radius 1 is 1.29 bits per heavy atom. The minimum Gasteiger partial charge on any atom is -0.193 e. The van der Waals surface area contributed by atoms with Crippen LogP contribution in [0.4, 0.5) is 0 Å². The topological polar surface area (TPSA) is 47.6 Å². The Labute approximate surface area is 107 Å². The molecule has 0 aromatic heterocycles. The first kappa shape index (κ1) is 13.4. The molecule has 0 aliphatic heterocycles. The summed E-state index contributed by atoms with van der Waals surface area (Å²) in [5.74, 6) is 0. The maximum Gasteiger partial charge on any atom is 0.0991 e. The van der Waals surface area contributed by atoms with E-state index in [0.717, 1.165) is 29.7 Å². The van der Waals surface area contributed by atoms with Crippen LogP contribution in [0, 0.1) is 22.7 Å². The molecule has 2 nitrogen and oxygen atoms in total. The Balaban J connectivity index is 2.61. The van der Waals surface area contributed by atoms with Crippen LogP contribution >= 0.6 is 11.8 Å². The van der Waals surface area contributed by atoms with Crippen molar-refractivity contribution < 1.29 is 0 Å². The summed E-state index contributed by atoms with van der Waals surface area (Å²) in [6, 6.07) is 11.7. The largest absolute Gasteiger partial charge is 0.193 e. The van der Waals surface area contributed by atoms with Gasteiger partial charge in [-0.2, -0.15) is 10.5 Å². The average molecular weight is 242 g/mol. The predicted molar refractivity (Wildman–Crippen MR) is 70.2 cm³/mol. The first-order valence-corrected chi connectivity index (χ1v) is 6.44. The normalized spacial score (nSPS) is 10.6. The molecule has 0 spiro atoms. The fourth-order valence-electron chi connectivity index (χ4n) is 1.26. The van der Waals surface area contributed by atoms with Crippen LogP contribution in [0.15, 0.2) is 40.1 Å². The van der Waals surface area contributed by atoms with Gasteiger partial charge in [-0.1, -0.05) is 25.1 Å². The van der Waals surface area contributed by atoms with E-state index in [1.807, 2.05) is 17.5 Å². The number of nitriles is 2. The van der Waals surface area contributed by atoms with Gasteiger partial charge in [-0.05, 0) is 42.5 Å². The van der Waals surface area contributed by atoms with Gasteiger partial charge in [0.05, 0.1) is 17.7 Å². The lowest BCUT2D eigenvalue weighted by Crippen LogP contribution is -1.79. The van der Waals surface area contributed by atoms with Crippen LogP contribution in [0.2, 0.25) is 0 Å². The van der Waals surface area contributed by atoms with Crippen LogP contribution in [0.3, 0.4) is 0 Å². The zero-order chi connectivity index (χ0) is 12.5. The van der Waals surface area contributed by atoms with Crippen molar-refractivity contribution >= 4 is 11.8 Å². The van der Waals surface area contributed by atoms with Crippen molar-refractivity contribution in [3.8, 4) is 12.1 Å². The number of unbranched alkanes of at least 4 members (excludes halogenated alkanes) is 1. The fraction of sp³-hybridized carbons (Fsp3) is 0.286. The third kappa shape index (κ3) is 4.76. The van der Waals surface area contributed by atoms with Gasteiger partial charge >= 0.3 is 0 Å². The molecule has 0 heterocycles.